The van der Waals surface area contributed by atoms with Gasteiger partial charge in [0, 0.05) is 6.20 Å². The van der Waals surface area contributed by atoms with Crippen LogP contribution in [0.4, 0.5) is 10.5 Å². The van der Waals surface area contributed by atoms with E-state index in [9.17, 15) is 4.79 Å². The van der Waals surface area contributed by atoms with Gasteiger partial charge < -0.3 is 15.7 Å². The van der Waals surface area contributed by atoms with E-state index in [0.29, 0.717) is 10.3 Å². The molecule has 0 radical (unpaired) electrons. The third-order valence-corrected chi connectivity index (χ3v) is 2.29. The lowest BCUT2D eigenvalue weighted by molar-refractivity contribution is 0.229. The molecule has 5 nitrogen and oxygen atoms in total. The highest BCUT2D eigenvalue weighted by molar-refractivity contribution is 9.10. The lowest BCUT2D eigenvalue weighted by atomic mass is 10.4. The van der Waals surface area contributed by atoms with Crippen LogP contribution in [-0.4, -0.2) is 28.8 Å². The Bertz CT molecular complexity index is 346. The molecule has 1 heterocycles. The molecule has 82 valence electrons. The molecule has 0 saturated heterocycles. The van der Waals surface area contributed by atoms with Gasteiger partial charge in [0.05, 0.1) is 18.3 Å². The molecule has 0 unspecified atom stereocenters. The number of hydrogen-bond acceptors (Lipinski definition) is 3. The second kappa shape index (κ2) is 5.67. The summed E-state index contributed by atoms with van der Waals surface area (Å²) in [7, 11) is 0. The third-order valence-electron chi connectivity index (χ3n) is 1.66. The van der Waals surface area contributed by atoms with Crippen molar-refractivity contribution in [2.75, 3.05) is 11.9 Å². The van der Waals surface area contributed by atoms with Crippen molar-refractivity contribution in [3.8, 4) is 0 Å². The molecule has 0 saturated carbocycles. The molecule has 0 aromatic carbocycles. The number of aromatic nitrogens is 1. The third kappa shape index (κ3) is 3.85. The molecule has 0 bridgehead atoms. The molecule has 0 aliphatic heterocycles. The van der Waals surface area contributed by atoms with Crippen molar-refractivity contribution in [3.05, 3.63) is 22.9 Å². The zero-order chi connectivity index (χ0) is 11.3. The van der Waals surface area contributed by atoms with Gasteiger partial charge in [-0.2, -0.15) is 0 Å². The normalized spacial score (nSPS) is 11.9. The quantitative estimate of drug-likeness (QED) is 0.728. The van der Waals surface area contributed by atoms with Crippen molar-refractivity contribution in [1.29, 1.82) is 0 Å². The molecule has 0 aliphatic rings. The van der Waals surface area contributed by atoms with Crippen LogP contribution in [0.3, 0.4) is 0 Å². The fourth-order valence-electron chi connectivity index (χ4n) is 0.907. The van der Waals surface area contributed by atoms with Crippen molar-refractivity contribution < 1.29 is 9.90 Å². The number of nitrogens with one attached hydrogen (secondary N) is 2. The Morgan fingerprint density at radius 3 is 3.07 bits per heavy atom. The SMILES string of the molecule is C[C@@H](CO)NC(=O)Nc1cccnc1Br. The van der Waals surface area contributed by atoms with Crippen molar-refractivity contribution >= 4 is 27.6 Å². The van der Waals surface area contributed by atoms with Gasteiger partial charge in [-0.15, -0.1) is 0 Å². The minimum atomic E-state index is -0.370. The van der Waals surface area contributed by atoms with E-state index in [-0.39, 0.29) is 18.7 Å². The first-order chi connectivity index (χ1) is 7.13. The summed E-state index contributed by atoms with van der Waals surface area (Å²) in [5.74, 6) is 0. The molecule has 3 N–H and O–H groups in total. The molecule has 1 aromatic heterocycles. The molecular formula is C9H12BrN3O2. The predicted molar refractivity (Wildman–Crippen MR) is 60.6 cm³/mol. The van der Waals surface area contributed by atoms with Crippen molar-refractivity contribution in [2.45, 2.75) is 13.0 Å². The molecule has 1 rings (SSSR count). The Kier molecular flexibility index (Phi) is 4.51. The molecule has 0 spiro atoms. The number of hydrogen-bond donors (Lipinski definition) is 3. The smallest absolute Gasteiger partial charge is 0.319 e. The van der Waals surface area contributed by atoms with Gasteiger partial charge in [-0.25, -0.2) is 9.78 Å². The van der Waals surface area contributed by atoms with Crippen LogP contribution in [-0.2, 0) is 0 Å². The van der Waals surface area contributed by atoms with Crippen molar-refractivity contribution in [2.24, 2.45) is 0 Å². The van der Waals surface area contributed by atoms with E-state index < -0.39 is 0 Å². The number of carbonyl (C=O) groups excluding carboxylic acids is 1. The standard InChI is InChI=1S/C9H12BrN3O2/c1-6(5-14)12-9(15)13-7-3-2-4-11-8(7)10/h2-4,6,14H,5H2,1H3,(H2,12,13,15)/t6-/m0/s1. The van der Waals surface area contributed by atoms with Crippen molar-refractivity contribution in [3.63, 3.8) is 0 Å². The number of urea groups is 1. The van der Waals surface area contributed by atoms with E-state index in [0.717, 1.165) is 0 Å². The Hall–Kier alpha value is -1.14. The molecule has 1 atom stereocenters. The molecule has 0 aliphatic carbocycles. The zero-order valence-electron chi connectivity index (χ0n) is 8.20. The minimum absolute atomic E-state index is 0.0956. The Labute approximate surface area is 96.0 Å². The lowest BCUT2D eigenvalue weighted by Gasteiger charge is -2.12. The summed E-state index contributed by atoms with van der Waals surface area (Å²) in [4.78, 5) is 15.3. The van der Waals surface area contributed by atoms with E-state index in [1.807, 2.05) is 0 Å². The van der Waals surface area contributed by atoms with E-state index in [4.69, 9.17) is 5.11 Å². The van der Waals surface area contributed by atoms with Gasteiger partial charge in [-0.05, 0) is 35.0 Å². The number of halogens is 1. The number of carbonyl (C=O) groups is 1. The zero-order valence-corrected chi connectivity index (χ0v) is 9.78. The fourth-order valence-corrected chi connectivity index (χ4v) is 1.26. The monoisotopic (exact) mass is 273 g/mol. The Balaban J connectivity index is 2.55. The highest BCUT2D eigenvalue weighted by Crippen LogP contribution is 2.17. The van der Waals surface area contributed by atoms with Gasteiger partial charge in [0.15, 0.2) is 0 Å². The number of rotatable bonds is 3. The Morgan fingerprint density at radius 1 is 1.73 bits per heavy atom. The maximum Gasteiger partial charge on any atom is 0.319 e. The summed E-state index contributed by atoms with van der Waals surface area (Å²) in [5.41, 5.74) is 0.583. The summed E-state index contributed by atoms with van der Waals surface area (Å²) >= 11 is 3.21. The van der Waals surface area contributed by atoms with Crippen LogP contribution in [0.25, 0.3) is 0 Å². The number of amides is 2. The summed E-state index contributed by atoms with van der Waals surface area (Å²) in [6.07, 6.45) is 1.61. The molecule has 0 fully saturated rings. The van der Waals surface area contributed by atoms with Crippen molar-refractivity contribution in [1.82, 2.24) is 10.3 Å². The second-order valence-electron chi connectivity index (χ2n) is 3.02. The van der Waals surface area contributed by atoms with Gasteiger partial charge >= 0.3 is 6.03 Å². The average molecular weight is 274 g/mol. The van der Waals surface area contributed by atoms with E-state index in [1.165, 1.54) is 0 Å². The summed E-state index contributed by atoms with van der Waals surface area (Å²) in [5, 5.41) is 13.9. The molecular weight excluding hydrogens is 262 g/mol. The van der Waals surface area contributed by atoms with Crippen LogP contribution >= 0.6 is 15.9 Å². The van der Waals surface area contributed by atoms with Crippen LogP contribution in [0.5, 0.6) is 0 Å². The maximum absolute atomic E-state index is 11.4. The average Bonchev–Trinajstić information content (AvgIpc) is 2.21. The topological polar surface area (TPSA) is 74.2 Å². The lowest BCUT2D eigenvalue weighted by Crippen LogP contribution is -2.38. The van der Waals surface area contributed by atoms with Gasteiger partial charge in [-0.1, -0.05) is 0 Å². The first-order valence-corrected chi connectivity index (χ1v) is 5.21. The van der Waals surface area contributed by atoms with E-state index >= 15 is 0 Å². The number of nitrogens with zero attached hydrogens (tertiary/aromatic N) is 1. The summed E-state index contributed by atoms with van der Waals surface area (Å²) in [6, 6.07) is 2.79. The number of aliphatic hydroxyl groups is 1. The Morgan fingerprint density at radius 2 is 2.47 bits per heavy atom. The number of aliphatic hydroxyl groups excluding tert-OH is 1. The molecule has 2 amide bonds. The van der Waals surface area contributed by atoms with E-state index in [1.54, 1.807) is 25.3 Å². The summed E-state index contributed by atoms with van der Waals surface area (Å²) in [6.45, 7) is 1.61. The highest BCUT2D eigenvalue weighted by Gasteiger charge is 2.07. The van der Waals surface area contributed by atoms with Crippen LogP contribution < -0.4 is 10.6 Å². The predicted octanol–water partition coefficient (Wildman–Crippen LogP) is 1.35. The fraction of sp³-hybridized carbons (Fsp3) is 0.333. The molecule has 1 aromatic rings. The van der Waals surface area contributed by atoms with Gasteiger partial charge in [0.2, 0.25) is 0 Å². The second-order valence-corrected chi connectivity index (χ2v) is 3.77. The first kappa shape index (κ1) is 11.9. The number of anilines is 1. The highest BCUT2D eigenvalue weighted by atomic mass is 79.9. The minimum Gasteiger partial charge on any atom is -0.394 e. The van der Waals surface area contributed by atoms with Crippen LogP contribution in [0.2, 0.25) is 0 Å². The maximum atomic E-state index is 11.4. The molecule has 6 heteroatoms. The van der Waals surface area contributed by atoms with Gasteiger partial charge in [0.1, 0.15) is 4.60 Å². The summed E-state index contributed by atoms with van der Waals surface area (Å²) < 4.78 is 0.566. The number of pyridine rings is 1. The van der Waals surface area contributed by atoms with Crippen LogP contribution in [0.15, 0.2) is 22.9 Å². The first-order valence-electron chi connectivity index (χ1n) is 4.42. The van der Waals surface area contributed by atoms with Gasteiger partial charge in [-0.3, -0.25) is 0 Å². The largest absolute Gasteiger partial charge is 0.394 e. The van der Waals surface area contributed by atoms with Crippen LogP contribution in [0, 0.1) is 0 Å². The van der Waals surface area contributed by atoms with Gasteiger partial charge in [0.25, 0.3) is 0 Å². The molecule has 15 heavy (non-hydrogen) atoms. The van der Waals surface area contributed by atoms with Crippen LogP contribution in [0.1, 0.15) is 6.92 Å². The van der Waals surface area contributed by atoms with E-state index in [2.05, 4.69) is 31.5 Å².